The highest BCUT2D eigenvalue weighted by atomic mass is 19.1. The third-order valence-corrected chi connectivity index (χ3v) is 4.02. The zero-order valence-corrected chi connectivity index (χ0v) is 14.3. The number of ketones is 1. The van der Waals surface area contributed by atoms with Crippen LogP contribution >= 0.6 is 0 Å². The summed E-state index contributed by atoms with van der Waals surface area (Å²) in [6.45, 7) is 2.66. The highest BCUT2D eigenvalue weighted by molar-refractivity contribution is 6.07. The van der Waals surface area contributed by atoms with E-state index in [0.717, 1.165) is 0 Å². The minimum atomic E-state index is -0.771. The van der Waals surface area contributed by atoms with Gasteiger partial charge in [-0.3, -0.25) is 19.3 Å². The molecular formula is C19H17FN2O4. The third kappa shape index (κ3) is 3.42. The fourth-order valence-corrected chi connectivity index (χ4v) is 2.69. The molecule has 1 N–H and O–H groups in total. The van der Waals surface area contributed by atoms with E-state index >= 15 is 0 Å². The molecule has 2 aromatic rings. The van der Waals surface area contributed by atoms with E-state index in [0.29, 0.717) is 17.0 Å². The summed E-state index contributed by atoms with van der Waals surface area (Å²) in [7, 11) is 0. The van der Waals surface area contributed by atoms with Gasteiger partial charge in [-0.1, -0.05) is 12.1 Å². The normalized spacial score (nSPS) is 15.9. The van der Waals surface area contributed by atoms with E-state index < -0.39 is 23.7 Å². The van der Waals surface area contributed by atoms with Crippen molar-refractivity contribution in [2.45, 2.75) is 20.0 Å². The van der Waals surface area contributed by atoms with Crippen molar-refractivity contribution in [3.63, 3.8) is 0 Å². The van der Waals surface area contributed by atoms with Gasteiger partial charge < -0.3 is 10.1 Å². The Balaban J connectivity index is 1.88. The number of benzene rings is 2. The van der Waals surface area contributed by atoms with Crippen LogP contribution in [0.25, 0.3) is 0 Å². The van der Waals surface area contributed by atoms with Gasteiger partial charge in [0.25, 0.3) is 5.91 Å². The Morgan fingerprint density at radius 3 is 2.65 bits per heavy atom. The molecule has 0 radical (unpaired) electrons. The summed E-state index contributed by atoms with van der Waals surface area (Å²) in [5.41, 5.74) is 0.766. The number of ether oxygens (including phenoxy) is 1. The van der Waals surface area contributed by atoms with Crippen molar-refractivity contribution in [1.29, 1.82) is 0 Å². The van der Waals surface area contributed by atoms with Crippen LogP contribution in [0.3, 0.4) is 0 Å². The molecular weight excluding hydrogens is 339 g/mol. The van der Waals surface area contributed by atoms with Crippen LogP contribution in [0, 0.1) is 5.82 Å². The lowest BCUT2D eigenvalue weighted by Crippen LogP contribution is -2.47. The molecule has 7 heteroatoms. The van der Waals surface area contributed by atoms with Crippen LogP contribution in [-0.4, -0.2) is 30.2 Å². The van der Waals surface area contributed by atoms with E-state index in [-0.39, 0.29) is 18.0 Å². The second-order valence-corrected chi connectivity index (χ2v) is 5.95. The van der Waals surface area contributed by atoms with Gasteiger partial charge in [-0.15, -0.1) is 0 Å². The summed E-state index contributed by atoms with van der Waals surface area (Å²) < 4.78 is 19.2. The van der Waals surface area contributed by atoms with Gasteiger partial charge in [-0.25, -0.2) is 4.39 Å². The number of carbonyl (C=O) groups is 3. The van der Waals surface area contributed by atoms with E-state index in [9.17, 15) is 18.8 Å². The molecule has 1 atom stereocenters. The minimum Gasteiger partial charge on any atom is -0.479 e. The summed E-state index contributed by atoms with van der Waals surface area (Å²) in [4.78, 5) is 37.7. The monoisotopic (exact) mass is 356 g/mol. The van der Waals surface area contributed by atoms with Crippen molar-refractivity contribution in [1.82, 2.24) is 0 Å². The van der Waals surface area contributed by atoms with Gasteiger partial charge in [-0.2, -0.15) is 0 Å². The quantitative estimate of drug-likeness (QED) is 0.855. The van der Waals surface area contributed by atoms with Crippen LogP contribution in [0.15, 0.2) is 42.5 Å². The first-order chi connectivity index (χ1) is 12.4. The largest absolute Gasteiger partial charge is 0.479 e. The van der Waals surface area contributed by atoms with Crippen LogP contribution < -0.4 is 15.0 Å². The number of para-hydroxylation sites is 1. The zero-order chi connectivity index (χ0) is 18.8. The standard InChI is InChI=1S/C19H17FN2O4/c1-11(23)13-7-8-17-16(9-13)22(19(25)12(2)26-17)10-18(24)21-15-6-4-3-5-14(15)20/h3-9,12H,10H2,1-2H3,(H,21,24). The molecule has 26 heavy (non-hydrogen) atoms. The molecule has 6 nitrogen and oxygen atoms in total. The molecule has 1 heterocycles. The summed E-state index contributed by atoms with van der Waals surface area (Å²) >= 11 is 0. The van der Waals surface area contributed by atoms with Crippen LogP contribution in [-0.2, 0) is 9.59 Å². The van der Waals surface area contributed by atoms with Gasteiger partial charge >= 0.3 is 0 Å². The number of rotatable bonds is 4. The van der Waals surface area contributed by atoms with Crippen molar-refractivity contribution in [3.05, 3.63) is 53.8 Å². The van der Waals surface area contributed by atoms with E-state index in [1.165, 1.54) is 36.1 Å². The Morgan fingerprint density at radius 2 is 1.96 bits per heavy atom. The summed E-state index contributed by atoms with van der Waals surface area (Å²) in [6.07, 6.45) is -0.771. The first kappa shape index (κ1) is 17.6. The van der Waals surface area contributed by atoms with Crippen molar-refractivity contribution in [2.24, 2.45) is 0 Å². The van der Waals surface area contributed by atoms with E-state index in [1.54, 1.807) is 25.1 Å². The lowest BCUT2D eigenvalue weighted by atomic mass is 10.1. The first-order valence-corrected chi connectivity index (χ1v) is 8.04. The number of hydrogen-bond donors (Lipinski definition) is 1. The fraction of sp³-hybridized carbons (Fsp3) is 0.211. The molecule has 0 saturated heterocycles. The number of hydrogen-bond acceptors (Lipinski definition) is 4. The molecule has 134 valence electrons. The van der Waals surface area contributed by atoms with Crippen LogP contribution in [0.5, 0.6) is 5.75 Å². The van der Waals surface area contributed by atoms with E-state index in [1.807, 2.05) is 0 Å². The maximum atomic E-state index is 13.7. The molecule has 0 aromatic heterocycles. The van der Waals surface area contributed by atoms with Gasteiger partial charge in [0.15, 0.2) is 11.9 Å². The minimum absolute atomic E-state index is 0.0315. The Kier molecular flexibility index (Phi) is 4.71. The Morgan fingerprint density at radius 1 is 1.23 bits per heavy atom. The van der Waals surface area contributed by atoms with Crippen molar-refractivity contribution in [3.8, 4) is 5.75 Å². The lowest BCUT2D eigenvalue weighted by Gasteiger charge is -2.32. The second-order valence-electron chi connectivity index (χ2n) is 5.95. The number of amides is 2. The highest BCUT2D eigenvalue weighted by Gasteiger charge is 2.33. The predicted octanol–water partition coefficient (Wildman–Crippen LogP) is 2.78. The van der Waals surface area contributed by atoms with E-state index in [2.05, 4.69) is 5.32 Å². The zero-order valence-electron chi connectivity index (χ0n) is 14.3. The molecule has 0 saturated carbocycles. The summed E-state index contributed by atoms with van der Waals surface area (Å²) in [5, 5.41) is 2.45. The van der Waals surface area contributed by atoms with Crippen LogP contribution in [0.1, 0.15) is 24.2 Å². The Hall–Kier alpha value is -3.22. The smallest absolute Gasteiger partial charge is 0.268 e. The number of nitrogens with one attached hydrogen (secondary N) is 1. The number of Topliss-reactive ketones (excluding diaryl/α,β-unsaturated/α-hetero) is 1. The molecule has 1 aliphatic heterocycles. The molecule has 0 fully saturated rings. The molecule has 0 aliphatic carbocycles. The number of halogens is 1. The van der Waals surface area contributed by atoms with Gasteiger partial charge in [0.1, 0.15) is 18.1 Å². The maximum absolute atomic E-state index is 13.7. The number of carbonyl (C=O) groups excluding carboxylic acids is 3. The van der Waals surface area contributed by atoms with Crippen LogP contribution in [0.2, 0.25) is 0 Å². The highest BCUT2D eigenvalue weighted by Crippen LogP contribution is 2.35. The molecule has 1 aliphatic rings. The summed E-state index contributed by atoms with van der Waals surface area (Å²) in [5.74, 6) is -1.31. The molecule has 2 aromatic carbocycles. The molecule has 0 spiro atoms. The topological polar surface area (TPSA) is 75.7 Å². The average Bonchev–Trinajstić information content (AvgIpc) is 2.60. The number of fused-ring (bicyclic) bond motifs is 1. The Bertz CT molecular complexity index is 897. The van der Waals surface area contributed by atoms with Crippen molar-refractivity contribution < 1.29 is 23.5 Å². The first-order valence-electron chi connectivity index (χ1n) is 8.04. The van der Waals surface area contributed by atoms with Crippen molar-refractivity contribution >= 4 is 29.0 Å². The second kappa shape index (κ2) is 6.95. The lowest BCUT2D eigenvalue weighted by molar-refractivity contribution is -0.127. The predicted molar refractivity (Wildman–Crippen MR) is 93.9 cm³/mol. The van der Waals surface area contributed by atoms with Gasteiger partial charge in [-0.05, 0) is 44.2 Å². The third-order valence-electron chi connectivity index (χ3n) is 4.02. The SMILES string of the molecule is CC(=O)c1ccc2c(c1)N(CC(=O)Nc1ccccc1F)C(=O)C(C)O2. The van der Waals surface area contributed by atoms with Crippen molar-refractivity contribution in [2.75, 3.05) is 16.8 Å². The maximum Gasteiger partial charge on any atom is 0.268 e. The van der Waals surface area contributed by atoms with Crippen LogP contribution in [0.4, 0.5) is 15.8 Å². The molecule has 0 bridgehead atoms. The fourth-order valence-electron chi connectivity index (χ4n) is 2.69. The molecule has 3 rings (SSSR count). The van der Waals surface area contributed by atoms with Gasteiger partial charge in [0, 0.05) is 5.56 Å². The molecule has 2 amide bonds. The van der Waals surface area contributed by atoms with Gasteiger partial charge in [0.2, 0.25) is 5.91 Å². The average molecular weight is 356 g/mol. The van der Waals surface area contributed by atoms with Gasteiger partial charge in [0.05, 0.1) is 11.4 Å². The van der Waals surface area contributed by atoms with E-state index in [4.69, 9.17) is 4.74 Å². The number of anilines is 2. The summed E-state index contributed by atoms with van der Waals surface area (Å²) in [6, 6.07) is 10.5. The number of nitrogens with zero attached hydrogens (tertiary/aromatic N) is 1. The Labute approximate surface area is 149 Å². The molecule has 1 unspecified atom stereocenters.